The zero-order valence-corrected chi connectivity index (χ0v) is 25.4. The van der Waals surface area contributed by atoms with Crippen molar-refractivity contribution in [1.82, 2.24) is 14.9 Å². The number of carbonyl (C=O) groups excluding carboxylic acids is 3. The Kier molecular flexibility index (Phi) is 12.2. The molecule has 3 amide bonds. The van der Waals surface area contributed by atoms with Crippen LogP contribution in [0, 0.1) is 11.7 Å². The first-order valence-electron chi connectivity index (χ1n) is 14.2. The molecule has 41 heavy (non-hydrogen) atoms. The van der Waals surface area contributed by atoms with E-state index in [1.165, 1.54) is 54.5 Å². The van der Waals surface area contributed by atoms with Crippen molar-refractivity contribution >= 4 is 40.4 Å². The number of rotatable bonds is 13. The van der Waals surface area contributed by atoms with E-state index in [1.807, 2.05) is 11.6 Å². The summed E-state index contributed by atoms with van der Waals surface area (Å²) in [4.78, 5) is 38.1. The second kappa shape index (κ2) is 15.3. The minimum absolute atomic E-state index is 0.0265. The van der Waals surface area contributed by atoms with E-state index < -0.39 is 21.7 Å². The predicted octanol–water partition coefficient (Wildman–Crippen LogP) is 4.83. The maximum absolute atomic E-state index is 15.3. The van der Waals surface area contributed by atoms with Gasteiger partial charge in [0.15, 0.2) is 0 Å². The maximum Gasteiger partial charge on any atom is 0.264 e. The van der Waals surface area contributed by atoms with Crippen molar-refractivity contribution in [1.29, 1.82) is 0 Å². The van der Waals surface area contributed by atoms with E-state index >= 15 is 4.39 Å². The molecule has 2 aromatic carbocycles. The highest BCUT2D eigenvalue weighted by Gasteiger charge is 2.23. The summed E-state index contributed by atoms with van der Waals surface area (Å²) in [6.45, 7) is 3.57. The van der Waals surface area contributed by atoms with Gasteiger partial charge in [0.25, 0.3) is 10.0 Å². The SMILES string of the molecule is CCCC(=O)N(CCC(=O)NC[C@@H](S)C1CCCCC1)Cc1ccc(-c2ccccc2S(=O)(=O)NC(C)=O)cc1F. The fraction of sp³-hybridized carbons (Fsp3) is 0.500. The van der Waals surface area contributed by atoms with E-state index in [0.717, 1.165) is 19.8 Å². The number of amides is 3. The van der Waals surface area contributed by atoms with Crippen molar-refractivity contribution in [2.75, 3.05) is 13.1 Å². The maximum atomic E-state index is 15.3. The van der Waals surface area contributed by atoms with Crippen LogP contribution in [0.1, 0.15) is 70.8 Å². The lowest BCUT2D eigenvalue weighted by atomic mass is 9.86. The molecule has 224 valence electrons. The first-order valence-corrected chi connectivity index (χ1v) is 16.2. The summed E-state index contributed by atoms with van der Waals surface area (Å²) in [6.07, 6.45) is 6.89. The summed E-state index contributed by atoms with van der Waals surface area (Å²) in [5.74, 6) is -1.20. The standard InChI is InChI=1S/C30H40FN3O5S2/c1-3-9-30(37)34(17-16-29(36)32-19-27(40)22-10-5-4-6-11-22)20-24-15-14-23(18-26(24)31)25-12-7-8-13-28(25)41(38,39)33-21(2)35/h7-8,12-15,18,22,27,40H,3-6,9-11,16-17,19-20H2,1-2H3,(H,32,36)(H,33,35)/t27-/m1/s1. The van der Waals surface area contributed by atoms with Gasteiger partial charge in [0.2, 0.25) is 17.7 Å². The zero-order chi connectivity index (χ0) is 30.0. The molecule has 1 fully saturated rings. The number of hydrogen-bond acceptors (Lipinski definition) is 6. The van der Waals surface area contributed by atoms with Crippen molar-refractivity contribution in [3.63, 3.8) is 0 Å². The number of hydrogen-bond donors (Lipinski definition) is 3. The summed E-state index contributed by atoms with van der Waals surface area (Å²) in [7, 11) is -4.15. The fourth-order valence-electron chi connectivity index (χ4n) is 5.13. The Hall–Kier alpha value is -2.92. The van der Waals surface area contributed by atoms with Crippen LogP contribution in [-0.2, 0) is 31.0 Å². The van der Waals surface area contributed by atoms with Gasteiger partial charge < -0.3 is 10.2 Å². The second-order valence-corrected chi connectivity index (χ2v) is 12.9. The normalized spacial score (nSPS) is 14.7. The molecule has 0 bridgehead atoms. The van der Waals surface area contributed by atoms with Crippen LogP contribution in [0.25, 0.3) is 11.1 Å². The quantitative estimate of drug-likeness (QED) is 0.283. The van der Waals surface area contributed by atoms with Crippen molar-refractivity contribution in [2.24, 2.45) is 5.92 Å². The third-order valence-electron chi connectivity index (χ3n) is 7.31. The van der Waals surface area contributed by atoms with E-state index in [4.69, 9.17) is 12.6 Å². The lowest BCUT2D eigenvalue weighted by Crippen LogP contribution is -2.37. The van der Waals surface area contributed by atoms with Gasteiger partial charge in [-0.25, -0.2) is 17.5 Å². The van der Waals surface area contributed by atoms with Gasteiger partial charge in [-0.1, -0.05) is 56.5 Å². The first kappa shape index (κ1) is 32.6. The molecule has 8 nitrogen and oxygen atoms in total. The molecule has 1 aliphatic rings. The van der Waals surface area contributed by atoms with Crippen LogP contribution in [0.2, 0.25) is 0 Å². The van der Waals surface area contributed by atoms with Gasteiger partial charge in [0, 0.05) is 55.8 Å². The predicted molar refractivity (Wildman–Crippen MR) is 160 cm³/mol. The number of halogens is 1. The average molecular weight is 606 g/mol. The Labute approximate surface area is 247 Å². The number of carbonyl (C=O) groups is 3. The molecule has 0 aliphatic heterocycles. The van der Waals surface area contributed by atoms with Gasteiger partial charge in [0.05, 0.1) is 4.90 Å². The molecule has 1 atom stereocenters. The number of nitrogens with zero attached hydrogens (tertiary/aromatic N) is 1. The summed E-state index contributed by atoms with van der Waals surface area (Å²) >= 11 is 4.69. The average Bonchev–Trinajstić information content (AvgIpc) is 2.94. The van der Waals surface area contributed by atoms with Gasteiger partial charge in [-0.3, -0.25) is 14.4 Å². The topological polar surface area (TPSA) is 113 Å². The van der Waals surface area contributed by atoms with Crippen LogP contribution < -0.4 is 10.0 Å². The Morgan fingerprint density at radius 2 is 1.78 bits per heavy atom. The Bertz CT molecular complexity index is 1330. The van der Waals surface area contributed by atoms with E-state index in [0.29, 0.717) is 24.4 Å². The molecular weight excluding hydrogens is 565 g/mol. The molecule has 0 saturated heterocycles. The van der Waals surface area contributed by atoms with Crippen molar-refractivity contribution in [2.45, 2.75) is 81.9 Å². The molecule has 2 aromatic rings. The third kappa shape index (κ3) is 9.56. The highest BCUT2D eigenvalue weighted by atomic mass is 32.2. The molecule has 0 radical (unpaired) electrons. The van der Waals surface area contributed by atoms with Gasteiger partial charge >= 0.3 is 0 Å². The van der Waals surface area contributed by atoms with Crippen LogP contribution in [0.15, 0.2) is 47.4 Å². The fourth-order valence-corrected chi connectivity index (χ4v) is 6.74. The molecule has 2 N–H and O–H groups in total. The van der Waals surface area contributed by atoms with Crippen LogP contribution in [0.5, 0.6) is 0 Å². The molecule has 3 rings (SSSR count). The number of benzene rings is 2. The second-order valence-electron chi connectivity index (χ2n) is 10.5. The summed E-state index contributed by atoms with van der Waals surface area (Å²) < 4.78 is 42.6. The van der Waals surface area contributed by atoms with E-state index in [-0.39, 0.29) is 59.0 Å². The minimum atomic E-state index is -4.15. The Morgan fingerprint density at radius 3 is 2.44 bits per heavy atom. The van der Waals surface area contributed by atoms with Gasteiger partial charge in [-0.05, 0) is 42.9 Å². The molecular formula is C30H40FN3O5S2. The smallest absolute Gasteiger partial charge is 0.264 e. The van der Waals surface area contributed by atoms with Crippen LogP contribution >= 0.6 is 12.6 Å². The van der Waals surface area contributed by atoms with Crippen molar-refractivity contribution in [3.8, 4) is 11.1 Å². The Morgan fingerprint density at radius 1 is 1.07 bits per heavy atom. The molecule has 0 aromatic heterocycles. The molecule has 0 heterocycles. The monoisotopic (exact) mass is 605 g/mol. The lowest BCUT2D eigenvalue weighted by molar-refractivity contribution is -0.132. The number of nitrogens with one attached hydrogen (secondary N) is 2. The number of sulfonamides is 1. The highest BCUT2D eigenvalue weighted by molar-refractivity contribution is 7.90. The lowest BCUT2D eigenvalue weighted by Gasteiger charge is -2.27. The molecule has 1 aliphatic carbocycles. The summed E-state index contributed by atoms with van der Waals surface area (Å²) in [5.41, 5.74) is 0.785. The van der Waals surface area contributed by atoms with Gasteiger partial charge in [-0.15, -0.1) is 0 Å². The largest absolute Gasteiger partial charge is 0.355 e. The number of thiol groups is 1. The van der Waals surface area contributed by atoms with Gasteiger partial charge in [-0.2, -0.15) is 12.6 Å². The van der Waals surface area contributed by atoms with Crippen molar-refractivity contribution < 1.29 is 27.2 Å². The minimum Gasteiger partial charge on any atom is -0.355 e. The zero-order valence-electron chi connectivity index (χ0n) is 23.7. The summed E-state index contributed by atoms with van der Waals surface area (Å²) in [5, 5.41) is 3.03. The molecule has 0 unspecified atom stereocenters. The van der Waals surface area contributed by atoms with Crippen LogP contribution in [-0.4, -0.2) is 49.4 Å². The van der Waals surface area contributed by atoms with Crippen LogP contribution in [0.3, 0.4) is 0 Å². The molecule has 11 heteroatoms. The summed E-state index contributed by atoms with van der Waals surface area (Å²) in [6, 6.07) is 10.3. The first-order chi connectivity index (χ1) is 19.5. The van der Waals surface area contributed by atoms with E-state index in [1.54, 1.807) is 12.1 Å². The third-order valence-corrected chi connectivity index (χ3v) is 9.40. The van der Waals surface area contributed by atoms with Crippen LogP contribution in [0.4, 0.5) is 4.39 Å². The molecule has 0 spiro atoms. The molecule has 1 saturated carbocycles. The Balaban J connectivity index is 1.69. The van der Waals surface area contributed by atoms with E-state index in [2.05, 4.69) is 5.32 Å². The van der Waals surface area contributed by atoms with E-state index in [9.17, 15) is 22.8 Å². The van der Waals surface area contributed by atoms with Gasteiger partial charge in [0.1, 0.15) is 5.82 Å². The van der Waals surface area contributed by atoms with Crippen molar-refractivity contribution in [3.05, 3.63) is 53.8 Å². The highest BCUT2D eigenvalue weighted by Crippen LogP contribution is 2.30.